The number of nitrogens with one attached hydrogen (secondary N) is 1. The van der Waals surface area contributed by atoms with Gasteiger partial charge in [0.15, 0.2) is 0 Å². The van der Waals surface area contributed by atoms with Gasteiger partial charge in [0.1, 0.15) is 0 Å². The van der Waals surface area contributed by atoms with Gasteiger partial charge in [-0.15, -0.1) is 0 Å². The Bertz CT molecular complexity index is 309. The topological polar surface area (TPSA) is 86.7 Å². The number of rotatable bonds is 7. The maximum atomic E-state index is 11.5. The Labute approximate surface area is 100 Å². The van der Waals surface area contributed by atoms with Gasteiger partial charge in [-0.3, -0.25) is 9.59 Å². The van der Waals surface area contributed by atoms with Crippen LogP contribution in [0.5, 0.6) is 0 Å². The lowest BCUT2D eigenvalue weighted by Crippen LogP contribution is -2.33. The molecule has 2 amide bonds. The van der Waals surface area contributed by atoms with E-state index in [2.05, 4.69) is 5.32 Å². The Balaban J connectivity index is 3.87. The van der Waals surface area contributed by atoms with Gasteiger partial charge in [-0.2, -0.15) is 0 Å². The third-order valence-electron chi connectivity index (χ3n) is 2.13. The molecule has 0 saturated heterocycles. The number of nitrogens with zero attached hydrogens (tertiary/aromatic N) is 1. The summed E-state index contributed by atoms with van der Waals surface area (Å²) in [5.41, 5.74) is 0. The zero-order chi connectivity index (χ0) is 13.3. The van der Waals surface area contributed by atoms with Gasteiger partial charge in [-0.25, -0.2) is 4.79 Å². The van der Waals surface area contributed by atoms with Gasteiger partial charge in [0.05, 0.1) is 0 Å². The highest BCUT2D eigenvalue weighted by Gasteiger charge is 2.08. The maximum absolute atomic E-state index is 11.5. The second-order valence-electron chi connectivity index (χ2n) is 3.28. The lowest BCUT2D eigenvalue weighted by atomic mass is 10.3. The van der Waals surface area contributed by atoms with Gasteiger partial charge in [0, 0.05) is 38.2 Å². The van der Waals surface area contributed by atoms with Crippen molar-refractivity contribution < 1.29 is 19.5 Å². The summed E-state index contributed by atoms with van der Waals surface area (Å²) in [5, 5.41) is 10.7. The number of hydrogen-bond donors (Lipinski definition) is 2. The van der Waals surface area contributed by atoms with Crippen LogP contribution in [0, 0.1) is 0 Å². The van der Waals surface area contributed by atoms with Crippen LogP contribution in [0.15, 0.2) is 12.2 Å². The molecular weight excluding hydrogens is 224 g/mol. The van der Waals surface area contributed by atoms with E-state index in [0.717, 1.165) is 12.2 Å². The number of amides is 2. The number of carboxylic acids is 1. The fourth-order valence-electron chi connectivity index (χ4n) is 1.23. The van der Waals surface area contributed by atoms with Crippen molar-refractivity contribution in [2.75, 3.05) is 19.6 Å². The van der Waals surface area contributed by atoms with Gasteiger partial charge >= 0.3 is 5.97 Å². The van der Waals surface area contributed by atoms with Crippen molar-refractivity contribution in [1.29, 1.82) is 0 Å². The molecule has 0 aromatic carbocycles. The molecule has 0 bridgehead atoms. The Morgan fingerprint density at radius 2 is 1.76 bits per heavy atom. The molecule has 0 aromatic heterocycles. The van der Waals surface area contributed by atoms with Crippen LogP contribution in [0.4, 0.5) is 0 Å². The number of hydrogen-bond acceptors (Lipinski definition) is 3. The van der Waals surface area contributed by atoms with Crippen molar-refractivity contribution in [3.63, 3.8) is 0 Å². The van der Waals surface area contributed by atoms with Crippen LogP contribution >= 0.6 is 0 Å². The summed E-state index contributed by atoms with van der Waals surface area (Å²) >= 11 is 0. The molecule has 6 nitrogen and oxygen atoms in total. The molecule has 17 heavy (non-hydrogen) atoms. The molecule has 96 valence electrons. The average Bonchev–Trinajstić information content (AvgIpc) is 2.28. The summed E-state index contributed by atoms with van der Waals surface area (Å²) in [5.74, 6) is -1.73. The van der Waals surface area contributed by atoms with E-state index in [-0.39, 0.29) is 18.9 Å². The zero-order valence-electron chi connectivity index (χ0n) is 10.1. The van der Waals surface area contributed by atoms with E-state index >= 15 is 0 Å². The molecule has 6 heteroatoms. The molecule has 0 aliphatic rings. The molecule has 0 rings (SSSR count). The third-order valence-corrected chi connectivity index (χ3v) is 2.13. The molecule has 0 aromatic rings. The molecule has 0 aliphatic carbocycles. The molecule has 0 spiro atoms. The second kappa shape index (κ2) is 8.32. The van der Waals surface area contributed by atoms with E-state index in [4.69, 9.17) is 5.11 Å². The van der Waals surface area contributed by atoms with Crippen LogP contribution in [-0.4, -0.2) is 47.4 Å². The average molecular weight is 242 g/mol. The minimum Gasteiger partial charge on any atom is -0.478 e. The third kappa shape index (κ3) is 7.10. The summed E-state index contributed by atoms with van der Waals surface area (Å²) in [6.45, 7) is 5.26. The van der Waals surface area contributed by atoms with Crippen molar-refractivity contribution in [2.45, 2.75) is 20.3 Å². The van der Waals surface area contributed by atoms with Crippen LogP contribution in [0.25, 0.3) is 0 Å². The Morgan fingerprint density at radius 3 is 2.24 bits per heavy atom. The monoisotopic (exact) mass is 242 g/mol. The quantitative estimate of drug-likeness (QED) is 0.615. The molecular formula is C11H18N2O4. The number of aliphatic carboxylic acids is 1. The van der Waals surface area contributed by atoms with Gasteiger partial charge in [-0.1, -0.05) is 0 Å². The van der Waals surface area contributed by atoms with E-state index in [0.29, 0.717) is 13.1 Å². The summed E-state index contributed by atoms with van der Waals surface area (Å²) < 4.78 is 0. The standard InChI is InChI=1S/C11H18N2O4/c1-3-13(4-2)10(15)7-8-12-9(14)5-6-11(16)17/h5-6H,3-4,7-8H2,1-2H3,(H,12,14)(H,16,17)/b6-5+. The van der Waals surface area contributed by atoms with E-state index in [1.165, 1.54) is 0 Å². The minimum absolute atomic E-state index is 0.0301. The Kier molecular flexibility index (Phi) is 7.41. The first-order valence-corrected chi connectivity index (χ1v) is 5.47. The van der Waals surface area contributed by atoms with Crippen molar-refractivity contribution >= 4 is 17.8 Å². The van der Waals surface area contributed by atoms with Crippen LogP contribution in [0.1, 0.15) is 20.3 Å². The number of carbonyl (C=O) groups excluding carboxylic acids is 2. The molecule has 0 saturated carbocycles. The molecule has 2 N–H and O–H groups in total. The second-order valence-corrected chi connectivity index (χ2v) is 3.28. The number of carboxylic acid groups (broad SMARTS) is 1. The molecule has 0 fully saturated rings. The first kappa shape index (κ1) is 15.2. The highest BCUT2D eigenvalue weighted by atomic mass is 16.4. The molecule has 0 unspecified atom stereocenters. The van der Waals surface area contributed by atoms with E-state index in [1.54, 1.807) is 4.90 Å². The predicted octanol–water partition coefficient (Wildman–Crippen LogP) is 0.00190. The molecule has 0 aliphatic heterocycles. The van der Waals surface area contributed by atoms with Gasteiger partial charge in [0.2, 0.25) is 11.8 Å². The normalized spacial score (nSPS) is 10.2. The highest BCUT2D eigenvalue weighted by Crippen LogP contribution is 1.92. The first-order valence-electron chi connectivity index (χ1n) is 5.47. The lowest BCUT2D eigenvalue weighted by molar-refractivity contribution is -0.132. The SMILES string of the molecule is CCN(CC)C(=O)CCNC(=O)/C=C/C(=O)O. The fourth-order valence-corrected chi connectivity index (χ4v) is 1.23. The Hall–Kier alpha value is -1.85. The zero-order valence-corrected chi connectivity index (χ0v) is 10.1. The van der Waals surface area contributed by atoms with Crippen molar-refractivity contribution in [2.24, 2.45) is 0 Å². The first-order chi connectivity index (χ1) is 8.01. The summed E-state index contributed by atoms with van der Waals surface area (Å²) in [6.07, 6.45) is 1.89. The van der Waals surface area contributed by atoms with Crippen LogP contribution < -0.4 is 5.32 Å². The lowest BCUT2D eigenvalue weighted by Gasteiger charge is -2.18. The van der Waals surface area contributed by atoms with Gasteiger partial charge in [-0.05, 0) is 13.8 Å². The summed E-state index contributed by atoms with van der Waals surface area (Å²) in [4.78, 5) is 34.4. The highest BCUT2D eigenvalue weighted by molar-refractivity contribution is 5.94. The van der Waals surface area contributed by atoms with E-state index in [1.807, 2.05) is 13.8 Å². The van der Waals surface area contributed by atoms with Crippen molar-refractivity contribution in [1.82, 2.24) is 10.2 Å². The van der Waals surface area contributed by atoms with Crippen LogP contribution in [0.2, 0.25) is 0 Å². The fraction of sp³-hybridized carbons (Fsp3) is 0.545. The van der Waals surface area contributed by atoms with Crippen LogP contribution in [-0.2, 0) is 14.4 Å². The van der Waals surface area contributed by atoms with Crippen molar-refractivity contribution in [3.05, 3.63) is 12.2 Å². The number of carbonyl (C=O) groups is 3. The molecule has 0 radical (unpaired) electrons. The van der Waals surface area contributed by atoms with Gasteiger partial charge in [0.25, 0.3) is 0 Å². The Morgan fingerprint density at radius 1 is 1.18 bits per heavy atom. The molecule has 0 heterocycles. The molecule has 0 atom stereocenters. The van der Waals surface area contributed by atoms with E-state index < -0.39 is 11.9 Å². The summed E-state index contributed by atoms with van der Waals surface area (Å²) in [6, 6.07) is 0. The smallest absolute Gasteiger partial charge is 0.328 e. The summed E-state index contributed by atoms with van der Waals surface area (Å²) in [7, 11) is 0. The minimum atomic E-state index is -1.18. The van der Waals surface area contributed by atoms with Crippen molar-refractivity contribution in [3.8, 4) is 0 Å². The predicted molar refractivity (Wildman–Crippen MR) is 62.3 cm³/mol. The van der Waals surface area contributed by atoms with Crippen LogP contribution in [0.3, 0.4) is 0 Å². The largest absolute Gasteiger partial charge is 0.478 e. The van der Waals surface area contributed by atoms with E-state index in [9.17, 15) is 14.4 Å². The van der Waals surface area contributed by atoms with Gasteiger partial charge < -0.3 is 15.3 Å². The maximum Gasteiger partial charge on any atom is 0.328 e.